The molecule has 1 unspecified atom stereocenters. The second-order valence-electron chi connectivity index (χ2n) is 4.49. The van der Waals surface area contributed by atoms with Crippen LogP contribution in [0.15, 0.2) is 24.5 Å². The highest BCUT2D eigenvalue weighted by Gasteiger charge is 2.22. The molecule has 0 radical (unpaired) electrons. The third-order valence-corrected chi connectivity index (χ3v) is 2.96. The molecule has 2 aromatic heterocycles. The highest BCUT2D eigenvalue weighted by atomic mass is 16.6. The number of amides is 1. The number of nitrogens with one attached hydrogen (secondary N) is 1. The number of anilines is 1. The van der Waals surface area contributed by atoms with E-state index in [1.165, 1.54) is 0 Å². The van der Waals surface area contributed by atoms with Crippen LogP contribution in [0.2, 0.25) is 0 Å². The molecule has 1 saturated heterocycles. The zero-order valence-corrected chi connectivity index (χ0v) is 10.6. The summed E-state index contributed by atoms with van der Waals surface area (Å²) in [5.41, 5.74) is 2.45. The van der Waals surface area contributed by atoms with E-state index in [0.29, 0.717) is 25.5 Å². The van der Waals surface area contributed by atoms with Crippen molar-refractivity contribution in [3.63, 3.8) is 0 Å². The van der Waals surface area contributed by atoms with E-state index in [9.17, 15) is 4.79 Å². The molecule has 1 atom stereocenters. The van der Waals surface area contributed by atoms with Gasteiger partial charge in [-0.1, -0.05) is 0 Å². The first-order valence-electron chi connectivity index (χ1n) is 6.18. The van der Waals surface area contributed by atoms with Crippen molar-refractivity contribution in [3.05, 3.63) is 30.2 Å². The second kappa shape index (κ2) is 4.99. The summed E-state index contributed by atoms with van der Waals surface area (Å²) >= 11 is 0. The van der Waals surface area contributed by atoms with E-state index < -0.39 is 6.10 Å². The Hall–Kier alpha value is -1.92. The summed E-state index contributed by atoms with van der Waals surface area (Å²) in [7, 11) is 0. The van der Waals surface area contributed by atoms with Crippen molar-refractivity contribution < 1.29 is 14.3 Å². The Morgan fingerprint density at radius 2 is 2.42 bits per heavy atom. The van der Waals surface area contributed by atoms with Gasteiger partial charge in [-0.2, -0.15) is 0 Å². The van der Waals surface area contributed by atoms with Crippen molar-refractivity contribution in [2.75, 3.05) is 25.1 Å². The Labute approximate surface area is 110 Å². The smallest absolute Gasteiger partial charge is 0.255 e. The van der Waals surface area contributed by atoms with Gasteiger partial charge in [0.15, 0.2) is 6.10 Å². The van der Waals surface area contributed by atoms with Crippen LogP contribution in [0.4, 0.5) is 5.69 Å². The lowest BCUT2D eigenvalue weighted by Gasteiger charge is -2.22. The van der Waals surface area contributed by atoms with Crippen molar-refractivity contribution in [2.45, 2.75) is 13.0 Å². The molecule has 0 saturated carbocycles. The van der Waals surface area contributed by atoms with Gasteiger partial charge >= 0.3 is 0 Å². The molecule has 6 nitrogen and oxygen atoms in total. The van der Waals surface area contributed by atoms with Crippen LogP contribution in [0.25, 0.3) is 5.65 Å². The number of aryl methyl sites for hydroxylation is 1. The average Bonchev–Trinajstić information content (AvgIpc) is 2.79. The third kappa shape index (κ3) is 2.59. The molecule has 1 aliphatic heterocycles. The number of ether oxygens (including phenoxy) is 2. The summed E-state index contributed by atoms with van der Waals surface area (Å²) < 4.78 is 12.5. The van der Waals surface area contributed by atoms with E-state index in [0.717, 1.165) is 11.3 Å². The zero-order chi connectivity index (χ0) is 13.2. The molecule has 0 spiro atoms. The molecule has 1 amide bonds. The number of nitrogens with zero attached hydrogens (tertiary/aromatic N) is 2. The Balaban J connectivity index is 1.74. The Bertz CT molecular complexity index is 602. The van der Waals surface area contributed by atoms with Gasteiger partial charge in [-0.15, -0.1) is 0 Å². The van der Waals surface area contributed by atoms with Gasteiger partial charge in [0.1, 0.15) is 5.65 Å². The molecular weight excluding hydrogens is 246 g/mol. The van der Waals surface area contributed by atoms with Crippen molar-refractivity contribution in [1.29, 1.82) is 0 Å². The highest BCUT2D eigenvalue weighted by Crippen LogP contribution is 2.13. The number of fused-ring (bicyclic) bond motifs is 1. The van der Waals surface area contributed by atoms with E-state index in [1.54, 1.807) is 0 Å². The normalized spacial score (nSPS) is 19.5. The fourth-order valence-corrected chi connectivity index (χ4v) is 2.05. The van der Waals surface area contributed by atoms with Gasteiger partial charge in [-0.25, -0.2) is 4.98 Å². The van der Waals surface area contributed by atoms with E-state index >= 15 is 0 Å². The number of hydrogen-bond acceptors (Lipinski definition) is 4. The Kier molecular flexibility index (Phi) is 3.18. The lowest BCUT2D eigenvalue weighted by Crippen LogP contribution is -2.39. The van der Waals surface area contributed by atoms with Crippen LogP contribution in [0.3, 0.4) is 0 Å². The molecule has 19 heavy (non-hydrogen) atoms. The van der Waals surface area contributed by atoms with E-state index in [4.69, 9.17) is 9.47 Å². The maximum atomic E-state index is 12.0. The van der Waals surface area contributed by atoms with Gasteiger partial charge < -0.3 is 19.2 Å². The predicted octanol–water partition coefficient (Wildman–Crippen LogP) is 0.997. The molecule has 6 heteroatoms. The highest BCUT2D eigenvalue weighted by molar-refractivity contribution is 5.94. The van der Waals surface area contributed by atoms with E-state index in [2.05, 4.69) is 10.3 Å². The molecule has 1 aliphatic rings. The minimum Gasteiger partial charge on any atom is -0.376 e. The maximum Gasteiger partial charge on any atom is 0.255 e. The number of imidazole rings is 1. The van der Waals surface area contributed by atoms with Gasteiger partial charge in [0.2, 0.25) is 0 Å². The lowest BCUT2D eigenvalue weighted by molar-refractivity contribution is -0.142. The van der Waals surface area contributed by atoms with Crippen molar-refractivity contribution in [2.24, 2.45) is 0 Å². The van der Waals surface area contributed by atoms with Crippen LogP contribution in [-0.4, -0.2) is 41.2 Å². The first-order valence-corrected chi connectivity index (χ1v) is 6.18. The number of carbonyl (C=O) groups is 1. The first kappa shape index (κ1) is 12.1. The topological polar surface area (TPSA) is 64.9 Å². The number of rotatable bonds is 2. The first-order chi connectivity index (χ1) is 9.22. The summed E-state index contributed by atoms with van der Waals surface area (Å²) in [5, 5.41) is 2.82. The standard InChI is InChI=1S/C13H15N3O3/c1-9-7-16-3-2-10(6-12(16)14-9)15-13(17)11-8-18-4-5-19-11/h2-3,6-7,11H,4-5,8H2,1H3,(H,15,17). The summed E-state index contributed by atoms with van der Waals surface area (Å²) in [6, 6.07) is 3.66. The van der Waals surface area contributed by atoms with Crippen LogP contribution >= 0.6 is 0 Å². The maximum absolute atomic E-state index is 12.0. The zero-order valence-electron chi connectivity index (χ0n) is 10.6. The molecule has 0 bridgehead atoms. The van der Waals surface area contributed by atoms with Crippen LogP contribution < -0.4 is 5.32 Å². The van der Waals surface area contributed by atoms with Gasteiger partial charge in [0, 0.05) is 24.1 Å². The molecule has 100 valence electrons. The van der Waals surface area contributed by atoms with E-state index in [-0.39, 0.29) is 5.91 Å². The molecule has 1 N–H and O–H groups in total. The molecule has 3 heterocycles. The summed E-state index contributed by atoms with van der Waals surface area (Å²) in [4.78, 5) is 16.3. The fourth-order valence-electron chi connectivity index (χ4n) is 2.05. The quantitative estimate of drug-likeness (QED) is 0.875. The SMILES string of the molecule is Cc1cn2ccc(NC(=O)C3COCCO3)cc2n1. The monoisotopic (exact) mass is 261 g/mol. The van der Waals surface area contributed by atoms with Gasteiger partial charge in [-0.3, -0.25) is 4.79 Å². The summed E-state index contributed by atoms with van der Waals surface area (Å²) in [6.07, 6.45) is 3.26. The van der Waals surface area contributed by atoms with Crippen LogP contribution in [0.5, 0.6) is 0 Å². The average molecular weight is 261 g/mol. The summed E-state index contributed by atoms with van der Waals surface area (Å²) in [5.74, 6) is -0.188. The number of aromatic nitrogens is 2. The second-order valence-corrected chi connectivity index (χ2v) is 4.49. The van der Waals surface area contributed by atoms with Crippen molar-refractivity contribution in [1.82, 2.24) is 9.38 Å². The molecule has 1 fully saturated rings. The Morgan fingerprint density at radius 1 is 1.53 bits per heavy atom. The number of carbonyl (C=O) groups excluding carboxylic acids is 1. The van der Waals surface area contributed by atoms with Crippen LogP contribution in [0.1, 0.15) is 5.69 Å². The molecular formula is C13H15N3O3. The minimum absolute atomic E-state index is 0.188. The summed E-state index contributed by atoms with van der Waals surface area (Å²) in [6.45, 7) is 3.23. The van der Waals surface area contributed by atoms with Crippen molar-refractivity contribution in [3.8, 4) is 0 Å². The van der Waals surface area contributed by atoms with Crippen LogP contribution in [0, 0.1) is 6.92 Å². The van der Waals surface area contributed by atoms with Crippen molar-refractivity contribution >= 4 is 17.2 Å². The molecule has 2 aromatic rings. The number of pyridine rings is 1. The lowest BCUT2D eigenvalue weighted by atomic mass is 10.3. The van der Waals surface area contributed by atoms with Crippen LogP contribution in [-0.2, 0) is 14.3 Å². The van der Waals surface area contributed by atoms with Gasteiger partial charge in [0.25, 0.3) is 5.91 Å². The van der Waals surface area contributed by atoms with Gasteiger partial charge in [0.05, 0.1) is 25.5 Å². The Morgan fingerprint density at radius 3 is 3.21 bits per heavy atom. The minimum atomic E-state index is -0.536. The predicted molar refractivity (Wildman–Crippen MR) is 69.1 cm³/mol. The van der Waals surface area contributed by atoms with E-state index in [1.807, 2.05) is 35.9 Å². The third-order valence-electron chi connectivity index (χ3n) is 2.96. The van der Waals surface area contributed by atoms with Gasteiger partial charge in [-0.05, 0) is 13.0 Å². The largest absolute Gasteiger partial charge is 0.376 e. The number of hydrogen-bond donors (Lipinski definition) is 1. The molecule has 3 rings (SSSR count). The molecule has 0 aromatic carbocycles. The molecule has 0 aliphatic carbocycles. The fraction of sp³-hybridized carbons (Fsp3) is 0.385.